The zero-order valence-electron chi connectivity index (χ0n) is 6.69. The Labute approximate surface area is 70.5 Å². The van der Waals surface area contributed by atoms with Gasteiger partial charge in [-0.05, 0) is 6.42 Å². The van der Waals surface area contributed by atoms with Crippen LogP contribution in [0.4, 0.5) is 0 Å². The monoisotopic (exact) mass is 175 g/mol. The van der Waals surface area contributed by atoms with Gasteiger partial charge in [0.05, 0.1) is 0 Å². The molecule has 0 spiro atoms. The smallest absolute Gasteiger partial charge is 0.320 e. The molecular weight excluding hydrogens is 162 g/mol. The molecule has 1 atom stereocenters. The van der Waals surface area contributed by atoms with Gasteiger partial charge in [-0.25, -0.2) is 0 Å². The van der Waals surface area contributed by atoms with Crippen LogP contribution in [0.25, 0.3) is 0 Å². The maximum atomic E-state index is 9.99. The molecular formula is C7H13NO4. The van der Waals surface area contributed by atoms with Gasteiger partial charge in [0, 0.05) is 6.42 Å². The maximum absolute atomic E-state index is 9.99. The van der Waals surface area contributed by atoms with E-state index in [1.165, 1.54) is 0 Å². The third kappa shape index (κ3) is 8.64. The van der Waals surface area contributed by atoms with Gasteiger partial charge >= 0.3 is 11.9 Å². The van der Waals surface area contributed by atoms with E-state index in [9.17, 15) is 9.59 Å². The first-order chi connectivity index (χ1) is 5.54. The van der Waals surface area contributed by atoms with Gasteiger partial charge in [0.15, 0.2) is 0 Å². The van der Waals surface area contributed by atoms with E-state index in [0.717, 1.165) is 0 Å². The summed E-state index contributed by atoms with van der Waals surface area (Å²) in [5, 5.41) is 16.3. The largest absolute Gasteiger partial charge is 0.481 e. The fraction of sp³-hybridized carbons (Fsp3) is 0.429. The lowest BCUT2D eigenvalue weighted by Gasteiger charge is -2.01. The van der Waals surface area contributed by atoms with E-state index in [2.05, 4.69) is 13.2 Å². The second-order valence-corrected chi connectivity index (χ2v) is 1.88. The van der Waals surface area contributed by atoms with Gasteiger partial charge in [-0.2, -0.15) is 0 Å². The lowest BCUT2D eigenvalue weighted by atomic mass is 10.2. The van der Waals surface area contributed by atoms with E-state index in [1.54, 1.807) is 0 Å². The fourth-order valence-electron chi connectivity index (χ4n) is 0.402. The number of aliphatic carboxylic acids is 2. The molecule has 70 valence electrons. The molecule has 0 heterocycles. The predicted octanol–water partition coefficient (Wildman–Crippen LogP) is 0.0653. The highest BCUT2D eigenvalue weighted by molar-refractivity contribution is 5.74. The van der Waals surface area contributed by atoms with Crippen molar-refractivity contribution < 1.29 is 19.8 Å². The van der Waals surface area contributed by atoms with Crippen LogP contribution in [0.1, 0.15) is 12.8 Å². The third-order valence-electron chi connectivity index (χ3n) is 0.986. The Balaban J connectivity index is 0. The number of carboxylic acid groups (broad SMARTS) is 2. The molecule has 0 radical (unpaired) electrons. The quantitative estimate of drug-likeness (QED) is 0.525. The third-order valence-corrected chi connectivity index (χ3v) is 0.986. The number of carbonyl (C=O) groups is 2. The van der Waals surface area contributed by atoms with Crippen LogP contribution < -0.4 is 5.73 Å². The maximum Gasteiger partial charge on any atom is 0.320 e. The van der Waals surface area contributed by atoms with Crippen molar-refractivity contribution in [3.8, 4) is 0 Å². The van der Waals surface area contributed by atoms with Crippen LogP contribution in [0.5, 0.6) is 0 Å². The molecule has 0 rings (SSSR count). The average molecular weight is 175 g/mol. The van der Waals surface area contributed by atoms with Crippen LogP contribution in [0.15, 0.2) is 13.2 Å². The average Bonchev–Trinajstić information content (AvgIpc) is 2.03. The van der Waals surface area contributed by atoms with E-state index >= 15 is 0 Å². The van der Waals surface area contributed by atoms with Crippen molar-refractivity contribution in [2.24, 2.45) is 5.73 Å². The number of carboxylic acids is 2. The molecule has 0 aliphatic heterocycles. The van der Waals surface area contributed by atoms with Crippen molar-refractivity contribution in [3.63, 3.8) is 0 Å². The molecule has 0 bridgehead atoms. The molecule has 0 fully saturated rings. The molecule has 5 nitrogen and oxygen atoms in total. The molecule has 4 N–H and O–H groups in total. The summed E-state index contributed by atoms with van der Waals surface area (Å²) in [6.07, 6.45) is -0.224. The van der Waals surface area contributed by atoms with Crippen LogP contribution in [0.3, 0.4) is 0 Å². The minimum absolute atomic E-state index is 0.0231. The minimum atomic E-state index is -1.17. The SMILES string of the molecule is C=C.N[C@@H](CCC(=O)O)C(=O)O. The summed E-state index contributed by atoms with van der Waals surface area (Å²) < 4.78 is 0. The summed E-state index contributed by atoms with van der Waals surface area (Å²) in [5.74, 6) is -2.20. The second-order valence-electron chi connectivity index (χ2n) is 1.88. The number of nitrogens with two attached hydrogens (primary N) is 1. The number of hydrogen-bond acceptors (Lipinski definition) is 3. The Morgan fingerprint density at radius 2 is 1.75 bits per heavy atom. The Bertz CT molecular complexity index is 157. The predicted molar refractivity (Wildman–Crippen MR) is 43.7 cm³/mol. The Hall–Kier alpha value is -1.36. The summed E-state index contributed by atoms with van der Waals surface area (Å²) >= 11 is 0. The topological polar surface area (TPSA) is 101 Å². The molecule has 0 aromatic rings. The van der Waals surface area contributed by atoms with E-state index in [0.29, 0.717) is 0 Å². The molecule has 0 saturated heterocycles. The van der Waals surface area contributed by atoms with Gasteiger partial charge in [-0.15, -0.1) is 13.2 Å². The minimum Gasteiger partial charge on any atom is -0.481 e. The molecule has 0 aromatic heterocycles. The van der Waals surface area contributed by atoms with Gasteiger partial charge in [0.2, 0.25) is 0 Å². The fourth-order valence-corrected chi connectivity index (χ4v) is 0.402. The summed E-state index contributed by atoms with van der Waals surface area (Å²) in [7, 11) is 0. The lowest BCUT2D eigenvalue weighted by molar-refractivity contribution is -0.139. The summed E-state index contributed by atoms with van der Waals surface area (Å²) in [6, 6.07) is -1.06. The molecule has 12 heavy (non-hydrogen) atoms. The molecule has 5 heteroatoms. The van der Waals surface area contributed by atoms with Gasteiger partial charge in [-0.3, -0.25) is 9.59 Å². The van der Waals surface area contributed by atoms with Crippen molar-refractivity contribution in [1.82, 2.24) is 0 Å². The van der Waals surface area contributed by atoms with Crippen molar-refractivity contribution in [2.45, 2.75) is 18.9 Å². The lowest BCUT2D eigenvalue weighted by Crippen LogP contribution is -2.30. The molecule has 0 aromatic carbocycles. The first kappa shape index (κ1) is 13.2. The standard InChI is InChI=1S/C5H9NO4.C2H4/c6-3(5(9)10)1-2-4(7)8;1-2/h3H,1-2,6H2,(H,7,8)(H,9,10);1-2H2/t3-;/m0./s1. The van der Waals surface area contributed by atoms with Crippen molar-refractivity contribution >= 4 is 11.9 Å². The Morgan fingerprint density at radius 1 is 1.33 bits per heavy atom. The van der Waals surface area contributed by atoms with Crippen LogP contribution in [-0.2, 0) is 9.59 Å². The van der Waals surface area contributed by atoms with Crippen molar-refractivity contribution in [3.05, 3.63) is 13.2 Å². The Morgan fingerprint density at radius 3 is 2.00 bits per heavy atom. The van der Waals surface area contributed by atoms with Gasteiger partial charge in [0.25, 0.3) is 0 Å². The van der Waals surface area contributed by atoms with Crippen LogP contribution in [0.2, 0.25) is 0 Å². The molecule has 0 unspecified atom stereocenters. The normalized spacial score (nSPS) is 10.8. The zero-order valence-corrected chi connectivity index (χ0v) is 6.69. The van der Waals surface area contributed by atoms with E-state index in [-0.39, 0.29) is 12.8 Å². The molecule has 0 aliphatic rings. The van der Waals surface area contributed by atoms with Crippen molar-refractivity contribution in [2.75, 3.05) is 0 Å². The van der Waals surface area contributed by atoms with Crippen LogP contribution in [-0.4, -0.2) is 28.2 Å². The van der Waals surface area contributed by atoms with E-state index in [4.69, 9.17) is 15.9 Å². The molecule has 0 saturated carbocycles. The molecule has 0 amide bonds. The highest BCUT2D eigenvalue weighted by atomic mass is 16.4. The molecule has 0 aliphatic carbocycles. The number of rotatable bonds is 4. The van der Waals surface area contributed by atoms with Crippen molar-refractivity contribution in [1.29, 1.82) is 0 Å². The summed E-state index contributed by atoms with van der Waals surface area (Å²) in [5.41, 5.74) is 5.00. The van der Waals surface area contributed by atoms with E-state index < -0.39 is 18.0 Å². The highest BCUT2D eigenvalue weighted by Gasteiger charge is 2.12. The van der Waals surface area contributed by atoms with Gasteiger partial charge in [0.1, 0.15) is 6.04 Å². The van der Waals surface area contributed by atoms with Gasteiger partial charge in [-0.1, -0.05) is 0 Å². The summed E-state index contributed by atoms with van der Waals surface area (Å²) in [6.45, 7) is 6.00. The zero-order chi connectivity index (χ0) is 10.1. The van der Waals surface area contributed by atoms with Crippen LogP contribution >= 0.6 is 0 Å². The van der Waals surface area contributed by atoms with E-state index in [1.807, 2.05) is 0 Å². The first-order valence-electron chi connectivity index (χ1n) is 3.24. The number of hydrogen-bond donors (Lipinski definition) is 3. The Kier molecular flexibility index (Phi) is 8.55. The van der Waals surface area contributed by atoms with Crippen LogP contribution in [0, 0.1) is 0 Å². The van der Waals surface area contributed by atoms with Gasteiger partial charge < -0.3 is 15.9 Å². The second kappa shape index (κ2) is 7.74. The first-order valence-corrected chi connectivity index (χ1v) is 3.24. The highest BCUT2D eigenvalue weighted by Crippen LogP contribution is 1.93. The summed E-state index contributed by atoms with van der Waals surface area (Å²) in [4.78, 5) is 19.9.